The van der Waals surface area contributed by atoms with Crippen LogP contribution in [0.15, 0.2) is 53.9 Å². The molecule has 2 N–H and O–H groups in total. The van der Waals surface area contributed by atoms with Gasteiger partial charge in [-0.3, -0.25) is 5.32 Å². The average Bonchev–Trinajstić information content (AvgIpc) is 3.36. The van der Waals surface area contributed by atoms with Gasteiger partial charge in [-0.25, -0.2) is 18.9 Å². The number of thiazole rings is 1. The lowest BCUT2D eigenvalue weighted by Gasteiger charge is -2.15. The molecule has 0 aliphatic carbocycles. The van der Waals surface area contributed by atoms with Crippen molar-refractivity contribution in [3.63, 3.8) is 0 Å². The highest BCUT2D eigenvalue weighted by molar-refractivity contribution is 7.09. The third kappa shape index (κ3) is 4.83. The number of anilines is 1. The normalized spacial score (nSPS) is 11.9. The van der Waals surface area contributed by atoms with Gasteiger partial charge >= 0.3 is 6.03 Å². The van der Waals surface area contributed by atoms with E-state index in [1.54, 1.807) is 41.1 Å². The highest BCUT2D eigenvalue weighted by atomic mass is 32.1. The van der Waals surface area contributed by atoms with Gasteiger partial charge in [0.25, 0.3) is 0 Å². The molecule has 9 heteroatoms. The Balaban J connectivity index is 1.37. The van der Waals surface area contributed by atoms with Crippen LogP contribution in [0.1, 0.15) is 34.8 Å². The van der Waals surface area contributed by atoms with Crippen LogP contribution in [0, 0.1) is 19.7 Å². The van der Waals surface area contributed by atoms with Crippen LogP contribution in [0.25, 0.3) is 11.3 Å². The van der Waals surface area contributed by atoms with Gasteiger partial charge in [0, 0.05) is 16.5 Å². The van der Waals surface area contributed by atoms with Crippen molar-refractivity contribution in [3.05, 3.63) is 81.6 Å². The molecule has 0 aliphatic rings. The molecule has 164 valence electrons. The molecule has 0 aliphatic heterocycles. The van der Waals surface area contributed by atoms with E-state index in [1.807, 2.05) is 43.5 Å². The van der Waals surface area contributed by atoms with Crippen LogP contribution in [0.4, 0.5) is 15.0 Å². The Bertz CT molecular complexity index is 1230. The summed E-state index contributed by atoms with van der Waals surface area (Å²) in [6, 6.07) is 13.8. The van der Waals surface area contributed by atoms with Crippen molar-refractivity contribution in [2.45, 2.75) is 33.4 Å². The zero-order valence-corrected chi connectivity index (χ0v) is 18.8. The van der Waals surface area contributed by atoms with Gasteiger partial charge in [-0.05, 0) is 32.4 Å². The van der Waals surface area contributed by atoms with Crippen molar-refractivity contribution in [1.82, 2.24) is 25.3 Å². The van der Waals surface area contributed by atoms with E-state index in [0.29, 0.717) is 17.1 Å². The van der Waals surface area contributed by atoms with Crippen LogP contribution in [0.2, 0.25) is 0 Å². The van der Waals surface area contributed by atoms with Crippen LogP contribution in [-0.4, -0.2) is 26.0 Å². The monoisotopic (exact) mass is 450 g/mol. The van der Waals surface area contributed by atoms with Gasteiger partial charge in [0.15, 0.2) is 5.82 Å². The molecule has 7 nitrogen and oxygen atoms in total. The number of aryl methyl sites for hydroxylation is 1. The van der Waals surface area contributed by atoms with Crippen LogP contribution < -0.4 is 10.6 Å². The van der Waals surface area contributed by atoms with Crippen LogP contribution in [-0.2, 0) is 6.54 Å². The first-order valence-corrected chi connectivity index (χ1v) is 11.0. The molecule has 0 radical (unpaired) electrons. The maximum absolute atomic E-state index is 13.9. The molecule has 0 spiro atoms. The van der Waals surface area contributed by atoms with Crippen LogP contribution in [0.3, 0.4) is 0 Å². The largest absolute Gasteiger partial charge is 0.331 e. The number of nitrogens with zero attached hydrogens (tertiary/aromatic N) is 4. The fourth-order valence-corrected chi connectivity index (χ4v) is 3.90. The number of aromatic nitrogens is 4. The Kier molecular flexibility index (Phi) is 6.27. The molecule has 1 unspecified atom stereocenters. The first kappa shape index (κ1) is 21.6. The molecule has 1 atom stereocenters. The molecule has 4 aromatic rings. The number of amides is 2. The molecule has 0 bridgehead atoms. The smallest absolute Gasteiger partial charge is 0.320 e. The Hall–Kier alpha value is -3.59. The second-order valence-electron chi connectivity index (χ2n) is 7.47. The summed E-state index contributed by atoms with van der Waals surface area (Å²) in [4.78, 5) is 17.0. The van der Waals surface area contributed by atoms with Crippen molar-refractivity contribution in [2.75, 3.05) is 5.32 Å². The zero-order chi connectivity index (χ0) is 22.7. The first-order chi connectivity index (χ1) is 15.4. The summed E-state index contributed by atoms with van der Waals surface area (Å²) in [6.07, 6.45) is 0. The summed E-state index contributed by atoms with van der Waals surface area (Å²) in [7, 11) is 0. The second-order valence-corrected chi connectivity index (χ2v) is 8.53. The predicted octanol–water partition coefficient (Wildman–Crippen LogP) is 5.09. The van der Waals surface area contributed by atoms with Gasteiger partial charge < -0.3 is 5.32 Å². The molecule has 32 heavy (non-hydrogen) atoms. The molecule has 0 saturated heterocycles. The van der Waals surface area contributed by atoms with Gasteiger partial charge in [-0.15, -0.1) is 16.4 Å². The molecule has 2 aromatic carbocycles. The lowest BCUT2D eigenvalue weighted by molar-refractivity contribution is 0.249. The summed E-state index contributed by atoms with van der Waals surface area (Å²) in [6.45, 7) is 5.89. The maximum Gasteiger partial charge on any atom is 0.320 e. The molecule has 2 aromatic heterocycles. The number of hydrogen-bond donors (Lipinski definition) is 2. The SMILES string of the molecule is Cc1nc(-c2ccc(C(C)NC(=O)Nc3nnn(Cc4ccccc4F)c3C)cc2)cs1. The zero-order valence-electron chi connectivity index (χ0n) is 18.0. The fraction of sp³-hybridized carbons (Fsp3) is 0.217. The van der Waals surface area contributed by atoms with E-state index in [0.717, 1.165) is 21.8 Å². The van der Waals surface area contributed by atoms with Gasteiger partial charge in [0.2, 0.25) is 0 Å². The van der Waals surface area contributed by atoms with Crippen molar-refractivity contribution >= 4 is 23.2 Å². The number of rotatable bonds is 6. The van der Waals surface area contributed by atoms with Crippen molar-refractivity contribution in [1.29, 1.82) is 0 Å². The predicted molar refractivity (Wildman–Crippen MR) is 123 cm³/mol. The van der Waals surface area contributed by atoms with Gasteiger partial charge in [0.1, 0.15) is 5.82 Å². The van der Waals surface area contributed by atoms with Crippen LogP contribution in [0.5, 0.6) is 0 Å². The average molecular weight is 451 g/mol. The van der Waals surface area contributed by atoms with Gasteiger partial charge in [-0.2, -0.15) is 0 Å². The standard InChI is InChI=1S/C23H23FN6OS/c1-14(17-8-10-18(11-9-17)21-13-32-16(3)26-21)25-23(31)27-22-15(2)30(29-28-22)12-19-6-4-5-7-20(19)24/h4-11,13-14H,12H2,1-3H3,(H2,25,27,31). The number of nitrogens with one attached hydrogen (secondary N) is 2. The number of carbonyl (C=O) groups excluding carboxylic acids is 1. The number of halogens is 1. The highest BCUT2D eigenvalue weighted by Gasteiger charge is 2.15. The van der Waals surface area contributed by atoms with E-state index in [-0.39, 0.29) is 18.4 Å². The van der Waals surface area contributed by atoms with E-state index >= 15 is 0 Å². The van der Waals surface area contributed by atoms with E-state index in [9.17, 15) is 9.18 Å². The lowest BCUT2D eigenvalue weighted by atomic mass is 10.1. The molecular formula is C23H23FN6OS. The maximum atomic E-state index is 13.9. The third-order valence-corrected chi connectivity index (χ3v) is 5.94. The topological polar surface area (TPSA) is 84.7 Å². The molecule has 2 amide bonds. The molecule has 0 saturated carbocycles. The highest BCUT2D eigenvalue weighted by Crippen LogP contribution is 2.23. The summed E-state index contributed by atoms with van der Waals surface area (Å²) in [5.74, 6) is 0.0275. The number of carbonyl (C=O) groups is 1. The first-order valence-electron chi connectivity index (χ1n) is 10.1. The lowest BCUT2D eigenvalue weighted by Crippen LogP contribution is -2.31. The molecule has 0 fully saturated rings. The number of benzene rings is 2. The Morgan fingerprint density at radius 1 is 1.16 bits per heavy atom. The van der Waals surface area contributed by atoms with Crippen molar-refractivity contribution < 1.29 is 9.18 Å². The van der Waals surface area contributed by atoms with Crippen molar-refractivity contribution in [2.24, 2.45) is 0 Å². The van der Waals surface area contributed by atoms with Crippen LogP contribution >= 0.6 is 11.3 Å². The Labute approximate surface area is 189 Å². The van der Waals surface area contributed by atoms with E-state index in [2.05, 4.69) is 25.9 Å². The van der Waals surface area contributed by atoms with E-state index in [1.165, 1.54) is 6.07 Å². The quantitative estimate of drug-likeness (QED) is 0.429. The summed E-state index contributed by atoms with van der Waals surface area (Å²) in [5, 5.41) is 16.7. The summed E-state index contributed by atoms with van der Waals surface area (Å²) < 4.78 is 15.5. The fourth-order valence-electron chi connectivity index (χ4n) is 3.28. The molecule has 4 rings (SSSR count). The molecular weight excluding hydrogens is 427 g/mol. The Morgan fingerprint density at radius 3 is 2.59 bits per heavy atom. The minimum atomic E-state index is -0.391. The van der Waals surface area contributed by atoms with E-state index in [4.69, 9.17) is 0 Å². The number of urea groups is 1. The molecule has 2 heterocycles. The number of hydrogen-bond acceptors (Lipinski definition) is 5. The van der Waals surface area contributed by atoms with E-state index < -0.39 is 6.03 Å². The minimum Gasteiger partial charge on any atom is -0.331 e. The minimum absolute atomic E-state index is 0.213. The third-order valence-electron chi connectivity index (χ3n) is 5.17. The van der Waals surface area contributed by atoms with Crippen molar-refractivity contribution in [3.8, 4) is 11.3 Å². The summed E-state index contributed by atoms with van der Waals surface area (Å²) in [5.41, 5.74) is 4.10. The second kappa shape index (κ2) is 9.27. The van der Waals surface area contributed by atoms with Gasteiger partial charge in [-0.1, -0.05) is 47.7 Å². The van der Waals surface area contributed by atoms with Gasteiger partial charge in [0.05, 0.1) is 29.0 Å². The Morgan fingerprint density at radius 2 is 1.91 bits per heavy atom. The summed E-state index contributed by atoms with van der Waals surface area (Å²) >= 11 is 1.62.